The van der Waals surface area contributed by atoms with Crippen LogP contribution in [0.15, 0.2) is 24.3 Å². The molecule has 1 N–H and O–H groups in total. The molecule has 1 aromatic rings. The Balaban J connectivity index is 2.62. The van der Waals surface area contributed by atoms with Crippen molar-refractivity contribution in [2.45, 2.75) is 32.6 Å². The first-order chi connectivity index (χ1) is 9.04. The van der Waals surface area contributed by atoms with Gasteiger partial charge in [-0.1, -0.05) is 25.8 Å². The third kappa shape index (κ3) is 5.12. The van der Waals surface area contributed by atoms with Gasteiger partial charge in [0.2, 0.25) is 5.91 Å². The van der Waals surface area contributed by atoms with Crippen LogP contribution in [-0.4, -0.2) is 30.8 Å². The van der Waals surface area contributed by atoms with Crippen LogP contribution in [0.3, 0.4) is 0 Å². The molecule has 0 spiro atoms. The van der Waals surface area contributed by atoms with Gasteiger partial charge in [0.05, 0.1) is 0 Å². The molecule has 4 nitrogen and oxygen atoms in total. The van der Waals surface area contributed by atoms with Crippen LogP contribution in [0.5, 0.6) is 0 Å². The minimum atomic E-state index is -0.0675. The van der Waals surface area contributed by atoms with Crippen molar-refractivity contribution in [3.63, 3.8) is 0 Å². The van der Waals surface area contributed by atoms with Crippen LogP contribution in [0.2, 0.25) is 0 Å². The summed E-state index contributed by atoms with van der Waals surface area (Å²) in [4.78, 5) is 25.0. The van der Waals surface area contributed by atoms with Gasteiger partial charge in [-0.05, 0) is 24.6 Å². The highest BCUT2D eigenvalue weighted by molar-refractivity contribution is 5.96. The third-order valence-electron chi connectivity index (χ3n) is 2.81. The van der Waals surface area contributed by atoms with Gasteiger partial charge < -0.3 is 10.2 Å². The van der Waals surface area contributed by atoms with Gasteiger partial charge in [-0.15, -0.1) is 0 Å². The highest BCUT2D eigenvalue weighted by Crippen LogP contribution is 2.13. The molecule has 0 saturated carbocycles. The van der Waals surface area contributed by atoms with Gasteiger partial charge in [-0.25, -0.2) is 0 Å². The molecular weight excluding hydrogens is 240 g/mol. The molecule has 0 unspecified atom stereocenters. The fraction of sp³-hybridized carbons (Fsp3) is 0.467. The Hall–Kier alpha value is -1.84. The van der Waals surface area contributed by atoms with Gasteiger partial charge in [-0.2, -0.15) is 0 Å². The number of carbonyl (C=O) groups is 2. The zero-order valence-electron chi connectivity index (χ0n) is 11.9. The topological polar surface area (TPSA) is 49.4 Å². The van der Waals surface area contributed by atoms with E-state index in [0.717, 1.165) is 19.3 Å². The van der Waals surface area contributed by atoms with E-state index in [4.69, 9.17) is 0 Å². The Kier molecular flexibility index (Phi) is 6.06. The van der Waals surface area contributed by atoms with E-state index in [1.165, 1.54) is 4.90 Å². The molecule has 19 heavy (non-hydrogen) atoms. The Morgan fingerprint density at radius 1 is 1.21 bits per heavy atom. The van der Waals surface area contributed by atoms with Crippen LogP contribution >= 0.6 is 0 Å². The lowest BCUT2D eigenvalue weighted by atomic mass is 10.1. The van der Waals surface area contributed by atoms with Crippen molar-refractivity contribution in [2.24, 2.45) is 0 Å². The molecule has 0 heterocycles. The van der Waals surface area contributed by atoms with Crippen LogP contribution in [0, 0.1) is 0 Å². The number of hydrogen-bond donors (Lipinski definition) is 1. The number of carbonyl (C=O) groups excluding carboxylic acids is 2. The van der Waals surface area contributed by atoms with Gasteiger partial charge in [-0.3, -0.25) is 9.59 Å². The second-order valence-corrected chi connectivity index (χ2v) is 4.79. The summed E-state index contributed by atoms with van der Waals surface area (Å²) in [6.45, 7) is 2.11. The zero-order valence-corrected chi connectivity index (χ0v) is 11.9. The maximum absolute atomic E-state index is 11.8. The van der Waals surface area contributed by atoms with Crippen LogP contribution in [-0.2, 0) is 4.79 Å². The third-order valence-corrected chi connectivity index (χ3v) is 2.81. The molecular formula is C15H22N2O2. The zero-order chi connectivity index (χ0) is 14.3. The van der Waals surface area contributed by atoms with Crippen LogP contribution in [0.1, 0.15) is 43.0 Å². The molecule has 104 valence electrons. The van der Waals surface area contributed by atoms with Crippen molar-refractivity contribution in [3.8, 4) is 0 Å². The molecule has 2 amide bonds. The SMILES string of the molecule is CCCCCC(=O)Nc1cccc(C(=O)N(C)C)c1. The maximum Gasteiger partial charge on any atom is 0.253 e. The molecule has 0 fully saturated rings. The van der Waals surface area contributed by atoms with Crippen molar-refractivity contribution >= 4 is 17.5 Å². The second kappa shape index (κ2) is 7.56. The largest absolute Gasteiger partial charge is 0.345 e. The molecule has 1 aromatic carbocycles. The predicted molar refractivity (Wildman–Crippen MR) is 77.2 cm³/mol. The van der Waals surface area contributed by atoms with Gasteiger partial charge >= 0.3 is 0 Å². The molecule has 0 atom stereocenters. The highest BCUT2D eigenvalue weighted by atomic mass is 16.2. The van der Waals surface area contributed by atoms with E-state index in [0.29, 0.717) is 17.7 Å². The van der Waals surface area contributed by atoms with Gasteiger partial charge in [0.25, 0.3) is 5.91 Å². The van der Waals surface area contributed by atoms with Crippen molar-refractivity contribution in [1.29, 1.82) is 0 Å². The summed E-state index contributed by atoms with van der Waals surface area (Å²) in [6, 6.07) is 7.03. The number of hydrogen-bond acceptors (Lipinski definition) is 2. The first-order valence-corrected chi connectivity index (χ1v) is 6.66. The molecule has 0 aromatic heterocycles. The molecule has 1 rings (SSSR count). The second-order valence-electron chi connectivity index (χ2n) is 4.79. The van der Waals surface area contributed by atoms with Crippen molar-refractivity contribution in [2.75, 3.05) is 19.4 Å². The van der Waals surface area contributed by atoms with Crippen LogP contribution in [0.4, 0.5) is 5.69 Å². The normalized spacial score (nSPS) is 10.1. The lowest BCUT2D eigenvalue weighted by Gasteiger charge is -2.11. The maximum atomic E-state index is 11.8. The van der Waals surface area contributed by atoms with Crippen LogP contribution in [0.25, 0.3) is 0 Å². The molecule has 0 radical (unpaired) electrons. The summed E-state index contributed by atoms with van der Waals surface area (Å²) in [5.74, 6) is -0.0648. The van der Waals surface area contributed by atoms with Crippen molar-refractivity contribution < 1.29 is 9.59 Å². The Morgan fingerprint density at radius 3 is 2.58 bits per heavy atom. The number of nitrogens with one attached hydrogen (secondary N) is 1. The summed E-state index contributed by atoms with van der Waals surface area (Å²) < 4.78 is 0. The quantitative estimate of drug-likeness (QED) is 0.801. The van der Waals surface area contributed by atoms with Crippen molar-refractivity contribution in [3.05, 3.63) is 29.8 Å². The molecule has 0 aliphatic rings. The molecule has 0 aliphatic heterocycles. The first-order valence-electron chi connectivity index (χ1n) is 6.66. The predicted octanol–water partition coefficient (Wildman–Crippen LogP) is 2.91. The Labute approximate surface area is 114 Å². The molecule has 0 bridgehead atoms. The molecule has 0 aliphatic carbocycles. The van der Waals surface area contributed by atoms with Crippen LogP contribution < -0.4 is 5.32 Å². The van der Waals surface area contributed by atoms with E-state index in [1.54, 1.807) is 38.4 Å². The monoisotopic (exact) mass is 262 g/mol. The summed E-state index contributed by atoms with van der Waals surface area (Å²) in [5, 5.41) is 2.83. The van der Waals surface area contributed by atoms with E-state index >= 15 is 0 Å². The van der Waals surface area contributed by atoms with Gasteiger partial charge in [0.1, 0.15) is 0 Å². The summed E-state index contributed by atoms with van der Waals surface area (Å²) in [7, 11) is 3.41. The van der Waals surface area contributed by atoms with E-state index in [-0.39, 0.29) is 11.8 Å². The Bertz CT molecular complexity index is 442. The Morgan fingerprint density at radius 2 is 1.95 bits per heavy atom. The lowest BCUT2D eigenvalue weighted by molar-refractivity contribution is -0.116. The van der Waals surface area contributed by atoms with E-state index in [1.807, 2.05) is 0 Å². The molecule has 0 saturated heterocycles. The average molecular weight is 262 g/mol. The number of nitrogens with zero attached hydrogens (tertiary/aromatic N) is 1. The van der Waals surface area contributed by atoms with Gasteiger partial charge in [0.15, 0.2) is 0 Å². The van der Waals surface area contributed by atoms with E-state index < -0.39 is 0 Å². The minimum Gasteiger partial charge on any atom is -0.345 e. The summed E-state index contributed by atoms with van der Waals surface area (Å²) in [6.07, 6.45) is 3.59. The summed E-state index contributed by atoms with van der Waals surface area (Å²) in [5.41, 5.74) is 1.26. The number of unbranched alkanes of at least 4 members (excludes halogenated alkanes) is 2. The van der Waals surface area contributed by atoms with E-state index in [9.17, 15) is 9.59 Å². The lowest BCUT2D eigenvalue weighted by Crippen LogP contribution is -2.21. The number of rotatable bonds is 6. The first kappa shape index (κ1) is 15.2. The molecule has 4 heteroatoms. The smallest absolute Gasteiger partial charge is 0.253 e. The highest BCUT2D eigenvalue weighted by Gasteiger charge is 2.09. The number of amides is 2. The fourth-order valence-corrected chi connectivity index (χ4v) is 1.75. The van der Waals surface area contributed by atoms with Crippen molar-refractivity contribution in [1.82, 2.24) is 4.90 Å². The standard InChI is InChI=1S/C15H22N2O2/c1-4-5-6-10-14(18)16-13-9-7-8-12(11-13)15(19)17(2)3/h7-9,11H,4-6,10H2,1-3H3,(H,16,18). The summed E-state index contributed by atoms with van der Waals surface area (Å²) >= 11 is 0. The number of anilines is 1. The van der Waals surface area contributed by atoms with E-state index in [2.05, 4.69) is 12.2 Å². The fourth-order valence-electron chi connectivity index (χ4n) is 1.75. The number of benzene rings is 1. The van der Waals surface area contributed by atoms with Gasteiger partial charge in [0, 0.05) is 31.8 Å². The average Bonchev–Trinajstić information content (AvgIpc) is 2.38. The minimum absolute atomic E-state index is 0.00269.